The van der Waals surface area contributed by atoms with Crippen LogP contribution in [0.2, 0.25) is 0 Å². The zero-order chi connectivity index (χ0) is 12.2. The molecule has 1 spiro atoms. The fourth-order valence-corrected chi connectivity index (χ4v) is 3.11. The van der Waals surface area contributed by atoms with Crippen LogP contribution >= 0.6 is 0 Å². The molecule has 2 aromatic heterocycles. The van der Waals surface area contributed by atoms with Crippen molar-refractivity contribution in [1.29, 1.82) is 0 Å². The van der Waals surface area contributed by atoms with Crippen molar-refractivity contribution in [3.8, 4) is 0 Å². The Hall–Kier alpha value is -1.65. The summed E-state index contributed by atoms with van der Waals surface area (Å²) in [5, 5.41) is 8.40. The number of hydrogen-bond acceptors (Lipinski definition) is 3. The zero-order valence-corrected chi connectivity index (χ0v) is 10.1. The normalized spacial score (nSPS) is 21.7. The molecule has 0 aromatic carbocycles. The van der Waals surface area contributed by atoms with Gasteiger partial charge >= 0.3 is 0 Å². The molecule has 2 aromatic rings. The summed E-state index contributed by atoms with van der Waals surface area (Å²) in [5.74, 6) is 0.562. The molecule has 2 aliphatic rings. The van der Waals surface area contributed by atoms with Gasteiger partial charge in [0.05, 0.1) is 0 Å². The first-order valence-corrected chi connectivity index (χ1v) is 6.57. The average molecular weight is 246 g/mol. The number of nitrogens with zero attached hydrogens (tertiary/aromatic N) is 4. The molecule has 0 radical (unpaired) electrons. The zero-order valence-electron chi connectivity index (χ0n) is 10.1. The van der Waals surface area contributed by atoms with Crippen molar-refractivity contribution in [1.82, 2.24) is 14.6 Å². The van der Waals surface area contributed by atoms with Crippen molar-refractivity contribution in [3.63, 3.8) is 0 Å². The molecular weight excluding hydrogens is 231 g/mol. The fraction of sp³-hybridized carbons (Fsp3) is 0.538. The molecule has 0 amide bonds. The Kier molecular flexibility index (Phi) is 1.96. The summed E-state index contributed by atoms with van der Waals surface area (Å²) in [6.45, 7) is 1.01. The number of halogens is 1. The highest BCUT2D eigenvalue weighted by Crippen LogP contribution is 2.49. The minimum absolute atomic E-state index is 0.245. The molecule has 0 N–H and O–H groups in total. The molecule has 4 nitrogen and oxygen atoms in total. The Labute approximate surface area is 104 Å². The van der Waals surface area contributed by atoms with Gasteiger partial charge in [0.15, 0.2) is 5.65 Å². The van der Waals surface area contributed by atoms with Crippen molar-refractivity contribution in [3.05, 3.63) is 24.1 Å². The van der Waals surface area contributed by atoms with E-state index < -0.39 is 0 Å². The first-order valence-electron chi connectivity index (χ1n) is 6.57. The number of fused-ring (bicyclic) bond motifs is 1. The van der Waals surface area contributed by atoms with Gasteiger partial charge in [0.2, 0.25) is 5.95 Å². The summed E-state index contributed by atoms with van der Waals surface area (Å²) in [7, 11) is 0. The number of pyridine rings is 1. The molecule has 94 valence electrons. The standard InChI is InChI=1S/C13H15FN4/c14-10-3-4-11-15-16-12(17(11)9-10)18-8-2-1-5-13(18)6-7-13/h3-4,9H,1-2,5-8H2. The van der Waals surface area contributed by atoms with E-state index >= 15 is 0 Å². The Bertz CT molecular complexity index is 602. The minimum atomic E-state index is -0.245. The molecule has 0 unspecified atom stereocenters. The summed E-state index contributed by atoms with van der Waals surface area (Å²) < 4.78 is 15.2. The molecule has 1 aliphatic carbocycles. The maximum absolute atomic E-state index is 13.4. The number of piperidine rings is 1. The van der Waals surface area contributed by atoms with Gasteiger partial charge < -0.3 is 4.90 Å². The van der Waals surface area contributed by atoms with Gasteiger partial charge in [0, 0.05) is 18.3 Å². The van der Waals surface area contributed by atoms with E-state index in [9.17, 15) is 4.39 Å². The average Bonchev–Trinajstić information content (AvgIpc) is 3.01. The summed E-state index contributed by atoms with van der Waals surface area (Å²) in [5.41, 5.74) is 1.01. The first kappa shape index (κ1) is 10.3. The van der Waals surface area contributed by atoms with Crippen LogP contribution in [0.3, 0.4) is 0 Å². The van der Waals surface area contributed by atoms with Gasteiger partial charge in [0.25, 0.3) is 0 Å². The van der Waals surface area contributed by atoms with Crippen LogP contribution in [0, 0.1) is 5.82 Å². The molecule has 3 heterocycles. The highest BCUT2D eigenvalue weighted by molar-refractivity contribution is 5.49. The third kappa shape index (κ3) is 1.36. The van der Waals surface area contributed by atoms with Crippen molar-refractivity contribution in [2.45, 2.75) is 37.6 Å². The van der Waals surface area contributed by atoms with Crippen molar-refractivity contribution >= 4 is 11.6 Å². The lowest BCUT2D eigenvalue weighted by Gasteiger charge is -2.36. The third-order valence-electron chi connectivity index (χ3n) is 4.26. The second-order valence-electron chi connectivity index (χ2n) is 5.41. The Morgan fingerprint density at radius 1 is 1.11 bits per heavy atom. The SMILES string of the molecule is Fc1ccc2nnc(N3CCCCC34CC4)n2c1. The van der Waals surface area contributed by atoms with E-state index in [-0.39, 0.29) is 5.82 Å². The predicted octanol–water partition coefficient (Wildman–Crippen LogP) is 2.39. The van der Waals surface area contributed by atoms with E-state index in [0.29, 0.717) is 11.2 Å². The van der Waals surface area contributed by atoms with Crippen molar-refractivity contribution in [2.75, 3.05) is 11.4 Å². The number of hydrogen-bond donors (Lipinski definition) is 0. The van der Waals surface area contributed by atoms with Crippen LogP contribution in [0.15, 0.2) is 18.3 Å². The van der Waals surface area contributed by atoms with Crippen LogP contribution in [0.25, 0.3) is 5.65 Å². The Morgan fingerprint density at radius 2 is 2.00 bits per heavy atom. The molecule has 1 aliphatic heterocycles. The monoisotopic (exact) mass is 246 g/mol. The Morgan fingerprint density at radius 3 is 2.83 bits per heavy atom. The van der Waals surface area contributed by atoms with Crippen molar-refractivity contribution in [2.24, 2.45) is 0 Å². The van der Waals surface area contributed by atoms with Crippen LogP contribution in [0.1, 0.15) is 32.1 Å². The largest absolute Gasteiger partial charge is 0.335 e. The second-order valence-corrected chi connectivity index (χ2v) is 5.41. The number of anilines is 1. The van der Waals surface area contributed by atoms with E-state index in [4.69, 9.17) is 0 Å². The summed E-state index contributed by atoms with van der Waals surface area (Å²) >= 11 is 0. The van der Waals surface area contributed by atoms with Gasteiger partial charge in [-0.25, -0.2) is 4.39 Å². The highest BCUT2D eigenvalue weighted by Gasteiger charge is 2.50. The van der Waals surface area contributed by atoms with Gasteiger partial charge in [-0.2, -0.15) is 0 Å². The summed E-state index contributed by atoms with van der Waals surface area (Å²) in [4.78, 5) is 2.34. The minimum Gasteiger partial charge on any atom is -0.335 e. The van der Waals surface area contributed by atoms with E-state index in [1.54, 1.807) is 10.5 Å². The van der Waals surface area contributed by atoms with Crippen LogP contribution in [0.4, 0.5) is 10.3 Å². The summed E-state index contributed by atoms with van der Waals surface area (Å²) in [6.07, 6.45) is 7.66. The molecule has 1 saturated carbocycles. The smallest absolute Gasteiger partial charge is 0.232 e. The number of rotatable bonds is 1. The van der Waals surface area contributed by atoms with Gasteiger partial charge in [0.1, 0.15) is 5.82 Å². The van der Waals surface area contributed by atoms with Gasteiger partial charge in [-0.1, -0.05) is 0 Å². The molecule has 0 atom stereocenters. The molecule has 5 heteroatoms. The number of aromatic nitrogens is 3. The van der Waals surface area contributed by atoms with Gasteiger partial charge in [-0.15, -0.1) is 10.2 Å². The van der Waals surface area contributed by atoms with Crippen molar-refractivity contribution < 1.29 is 4.39 Å². The molecule has 0 bridgehead atoms. The van der Waals surface area contributed by atoms with Gasteiger partial charge in [-0.05, 0) is 44.2 Å². The van der Waals surface area contributed by atoms with Crippen LogP contribution in [0.5, 0.6) is 0 Å². The lowest BCUT2D eigenvalue weighted by atomic mass is 10.0. The maximum atomic E-state index is 13.4. The predicted molar refractivity (Wildman–Crippen MR) is 66.1 cm³/mol. The third-order valence-corrected chi connectivity index (χ3v) is 4.26. The molecule has 18 heavy (non-hydrogen) atoms. The second kappa shape index (κ2) is 3.43. The topological polar surface area (TPSA) is 33.4 Å². The van der Waals surface area contributed by atoms with Crippen LogP contribution in [-0.4, -0.2) is 26.7 Å². The van der Waals surface area contributed by atoms with E-state index in [2.05, 4.69) is 15.1 Å². The van der Waals surface area contributed by atoms with Crippen LogP contribution < -0.4 is 4.90 Å². The quantitative estimate of drug-likeness (QED) is 0.774. The summed E-state index contributed by atoms with van der Waals surface area (Å²) in [6, 6.07) is 3.10. The molecule has 4 rings (SSSR count). The Balaban J connectivity index is 1.84. The fourth-order valence-electron chi connectivity index (χ4n) is 3.11. The van der Waals surface area contributed by atoms with E-state index in [1.165, 1.54) is 44.4 Å². The van der Waals surface area contributed by atoms with E-state index in [1.807, 2.05) is 0 Å². The highest BCUT2D eigenvalue weighted by atomic mass is 19.1. The lowest BCUT2D eigenvalue weighted by molar-refractivity contribution is 0.437. The molecule has 1 saturated heterocycles. The van der Waals surface area contributed by atoms with Gasteiger partial charge in [-0.3, -0.25) is 4.40 Å². The first-order chi connectivity index (χ1) is 8.78. The lowest BCUT2D eigenvalue weighted by Crippen LogP contribution is -2.42. The van der Waals surface area contributed by atoms with E-state index in [0.717, 1.165) is 12.5 Å². The molecular formula is C13H15FN4. The van der Waals surface area contributed by atoms with Crippen LogP contribution in [-0.2, 0) is 0 Å². The molecule has 2 fully saturated rings. The maximum Gasteiger partial charge on any atom is 0.232 e.